The van der Waals surface area contributed by atoms with Gasteiger partial charge in [-0.25, -0.2) is 12.8 Å². The van der Waals surface area contributed by atoms with Crippen LogP contribution >= 0.6 is 0 Å². The van der Waals surface area contributed by atoms with E-state index in [2.05, 4.69) is 4.72 Å². The van der Waals surface area contributed by atoms with Crippen molar-refractivity contribution in [3.8, 4) is 16.9 Å². The monoisotopic (exact) mass is 525 g/mol. The van der Waals surface area contributed by atoms with Gasteiger partial charge in [0.1, 0.15) is 24.2 Å². The van der Waals surface area contributed by atoms with Crippen LogP contribution in [-0.4, -0.2) is 25.5 Å². The number of carboxylic acid groups (broad SMARTS) is 1. The van der Waals surface area contributed by atoms with Gasteiger partial charge in [0, 0.05) is 0 Å². The number of halogens is 1. The fraction of sp³-hybridized carbons (Fsp3) is 0.345. The van der Waals surface area contributed by atoms with Gasteiger partial charge < -0.3 is 9.84 Å². The average molecular weight is 526 g/mol. The van der Waals surface area contributed by atoms with Crippen molar-refractivity contribution < 1.29 is 27.4 Å². The van der Waals surface area contributed by atoms with Gasteiger partial charge in [0.2, 0.25) is 10.0 Å². The predicted molar refractivity (Wildman–Crippen MR) is 140 cm³/mol. The van der Waals surface area contributed by atoms with Crippen molar-refractivity contribution in [2.75, 3.05) is 0 Å². The third-order valence-electron chi connectivity index (χ3n) is 6.82. The Morgan fingerprint density at radius 2 is 1.62 bits per heavy atom. The number of rotatable bonds is 10. The number of nitrogens with one attached hydrogen (secondary N) is 1. The Balaban J connectivity index is 1.58. The van der Waals surface area contributed by atoms with E-state index in [0.717, 1.165) is 47.9 Å². The van der Waals surface area contributed by atoms with Gasteiger partial charge in [-0.05, 0) is 83.3 Å². The predicted octanol–water partition coefficient (Wildman–Crippen LogP) is 6.12. The smallest absolute Gasteiger partial charge is 0.322 e. The molecule has 2 N–H and O–H groups in total. The van der Waals surface area contributed by atoms with Crippen molar-refractivity contribution >= 4 is 16.0 Å². The Bertz CT molecular complexity index is 1330. The largest absolute Gasteiger partial charge is 0.489 e. The highest BCUT2D eigenvalue weighted by Gasteiger charge is 2.31. The molecule has 3 aromatic rings. The lowest BCUT2D eigenvalue weighted by Crippen LogP contribution is -2.44. The molecule has 4 rings (SSSR count). The molecule has 0 aliphatic heterocycles. The highest BCUT2D eigenvalue weighted by atomic mass is 32.2. The lowest BCUT2D eigenvalue weighted by atomic mass is 9.93. The first-order valence-electron chi connectivity index (χ1n) is 12.5. The number of carbonyl (C=O) groups is 1. The first-order valence-corrected chi connectivity index (χ1v) is 14.0. The summed E-state index contributed by atoms with van der Waals surface area (Å²) in [5.74, 6) is -1.21. The van der Waals surface area contributed by atoms with Gasteiger partial charge in [0.15, 0.2) is 0 Å². The zero-order valence-electron chi connectivity index (χ0n) is 21.0. The van der Waals surface area contributed by atoms with Crippen LogP contribution < -0.4 is 9.46 Å². The summed E-state index contributed by atoms with van der Waals surface area (Å²) in [6, 6.07) is 17.8. The van der Waals surface area contributed by atoms with E-state index >= 15 is 0 Å². The third-order valence-corrected chi connectivity index (χ3v) is 8.33. The molecular formula is C29H32FNO5S. The van der Waals surface area contributed by atoms with Crippen LogP contribution in [0.1, 0.15) is 56.6 Å². The van der Waals surface area contributed by atoms with Crippen LogP contribution in [-0.2, 0) is 21.4 Å². The van der Waals surface area contributed by atoms with Crippen LogP contribution in [0.15, 0.2) is 71.6 Å². The quantitative estimate of drug-likeness (QED) is 0.333. The van der Waals surface area contributed by atoms with Gasteiger partial charge in [-0.2, -0.15) is 4.72 Å². The second-order valence-corrected chi connectivity index (χ2v) is 11.5. The van der Waals surface area contributed by atoms with Crippen LogP contribution in [0.5, 0.6) is 5.75 Å². The molecule has 6 nitrogen and oxygen atoms in total. The molecule has 37 heavy (non-hydrogen) atoms. The Morgan fingerprint density at radius 3 is 2.22 bits per heavy atom. The maximum atomic E-state index is 13.3. The molecule has 8 heteroatoms. The molecule has 1 aliphatic rings. The highest BCUT2D eigenvalue weighted by molar-refractivity contribution is 7.89. The molecule has 1 atom stereocenters. The number of carboxylic acids is 1. The first-order chi connectivity index (χ1) is 17.6. The SMILES string of the molecule is CC(C)[C@@H](NS(=O)(=O)c1ccc(-c2ccc(COc3ccc(F)cc3)cc2)cc1C1CCCC1)C(=O)O. The molecule has 1 aliphatic carbocycles. The molecule has 0 aromatic heterocycles. The zero-order chi connectivity index (χ0) is 26.6. The molecule has 0 heterocycles. The minimum Gasteiger partial charge on any atom is -0.489 e. The summed E-state index contributed by atoms with van der Waals surface area (Å²) in [6.45, 7) is 3.69. The highest BCUT2D eigenvalue weighted by Crippen LogP contribution is 2.39. The van der Waals surface area contributed by atoms with E-state index in [1.165, 1.54) is 12.1 Å². The third kappa shape index (κ3) is 6.56. The molecule has 0 radical (unpaired) electrons. The number of aliphatic carboxylic acids is 1. The molecule has 0 spiro atoms. The van der Waals surface area contributed by atoms with Crippen molar-refractivity contribution in [2.24, 2.45) is 5.92 Å². The van der Waals surface area contributed by atoms with Gasteiger partial charge in [0.05, 0.1) is 4.90 Å². The summed E-state index contributed by atoms with van der Waals surface area (Å²) in [4.78, 5) is 11.8. The number of hydrogen-bond donors (Lipinski definition) is 2. The van der Waals surface area contributed by atoms with Crippen LogP contribution in [0.3, 0.4) is 0 Å². The van der Waals surface area contributed by atoms with E-state index in [-0.39, 0.29) is 16.6 Å². The van der Waals surface area contributed by atoms with E-state index < -0.39 is 28.0 Å². The molecule has 0 saturated heterocycles. The summed E-state index contributed by atoms with van der Waals surface area (Å²) >= 11 is 0. The first kappa shape index (κ1) is 26.8. The van der Waals surface area contributed by atoms with E-state index in [0.29, 0.717) is 12.4 Å². The fourth-order valence-electron chi connectivity index (χ4n) is 4.72. The van der Waals surface area contributed by atoms with Crippen molar-refractivity contribution in [1.29, 1.82) is 0 Å². The van der Waals surface area contributed by atoms with Crippen LogP contribution in [0, 0.1) is 11.7 Å². The van der Waals surface area contributed by atoms with Gasteiger partial charge in [-0.3, -0.25) is 4.79 Å². The summed E-state index contributed by atoms with van der Waals surface area (Å²) in [6.07, 6.45) is 3.87. The Labute approximate surface area is 217 Å². The van der Waals surface area contributed by atoms with Gasteiger partial charge >= 0.3 is 5.97 Å². The maximum absolute atomic E-state index is 13.3. The molecule has 1 fully saturated rings. The Kier molecular flexibility index (Phi) is 8.29. The molecule has 196 valence electrons. The van der Waals surface area contributed by atoms with E-state index in [9.17, 15) is 22.7 Å². The number of sulfonamides is 1. The lowest BCUT2D eigenvalue weighted by Gasteiger charge is -2.21. The molecule has 3 aromatic carbocycles. The number of hydrogen-bond acceptors (Lipinski definition) is 4. The summed E-state index contributed by atoms with van der Waals surface area (Å²) in [7, 11) is -4.03. The van der Waals surface area contributed by atoms with Crippen molar-refractivity contribution in [3.63, 3.8) is 0 Å². The summed E-state index contributed by atoms with van der Waals surface area (Å²) in [5.41, 5.74) is 3.51. The minimum absolute atomic E-state index is 0.109. The topological polar surface area (TPSA) is 92.7 Å². The Morgan fingerprint density at radius 1 is 1.00 bits per heavy atom. The minimum atomic E-state index is -4.03. The second kappa shape index (κ2) is 11.4. The van der Waals surface area contributed by atoms with Gasteiger partial charge in [-0.15, -0.1) is 0 Å². The average Bonchev–Trinajstić information content (AvgIpc) is 3.42. The van der Waals surface area contributed by atoms with Crippen LogP contribution in [0.4, 0.5) is 4.39 Å². The summed E-state index contributed by atoms with van der Waals surface area (Å²) in [5, 5.41) is 9.51. The Hall–Kier alpha value is -3.23. The fourth-order valence-corrected chi connectivity index (χ4v) is 6.34. The van der Waals surface area contributed by atoms with E-state index in [4.69, 9.17) is 4.74 Å². The molecule has 0 bridgehead atoms. The van der Waals surface area contributed by atoms with Crippen molar-refractivity contribution in [2.45, 2.75) is 63.0 Å². The van der Waals surface area contributed by atoms with Crippen molar-refractivity contribution in [1.82, 2.24) is 4.72 Å². The van der Waals surface area contributed by atoms with E-state index in [1.807, 2.05) is 30.3 Å². The molecule has 0 amide bonds. The van der Waals surface area contributed by atoms with Crippen LogP contribution in [0.25, 0.3) is 11.1 Å². The summed E-state index contributed by atoms with van der Waals surface area (Å²) < 4.78 is 47.8. The van der Waals surface area contributed by atoms with Gasteiger partial charge in [-0.1, -0.05) is 57.0 Å². The van der Waals surface area contributed by atoms with Crippen LogP contribution in [0.2, 0.25) is 0 Å². The molecule has 0 unspecified atom stereocenters. The normalized spacial score (nSPS) is 15.1. The van der Waals surface area contributed by atoms with Gasteiger partial charge in [0.25, 0.3) is 0 Å². The number of benzene rings is 3. The number of ether oxygens (including phenoxy) is 1. The lowest BCUT2D eigenvalue weighted by molar-refractivity contribution is -0.140. The second-order valence-electron chi connectivity index (χ2n) is 9.85. The molecular weight excluding hydrogens is 493 g/mol. The standard InChI is InChI=1S/C29H32FNO5S/c1-19(2)28(29(32)33)31-37(34,35)27-16-11-23(17-26(27)22-5-3-4-6-22)21-9-7-20(8-10-21)18-36-25-14-12-24(30)13-15-25/h7-17,19,22,28,31H,3-6,18H2,1-2H3,(H,32,33)/t28-/m1/s1. The van der Waals surface area contributed by atoms with E-state index in [1.54, 1.807) is 38.1 Å². The van der Waals surface area contributed by atoms with Crippen molar-refractivity contribution in [3.05, 3.63) is 83.7 Å². The maximum Gasteiger partial charge on any atom is 0.322 e. The zero-order valence-corrected chi connectivity index (χ0v) is 21.8. The molecule has 1 saturated carbocycles.